The van der Waals surface area contributed by atoms with Crippen LogP contribution in [-0.4, -0.2) is 52.6 Å². The molecule has 2 aromatic carbocycles. The van der Waals surface area contributed by atoms with Crippen molar-refractivity contribution in [3.63, 3.8) is 0 Å². The van der Waals surface area contributed by atoms with E-state index in [0.717, 1.165) is 36.6 Å². The molecule has 2 aliphatic rings. The molecule has 2 fully saturated rings. The third-order valence-electron chi connectivity index (χ3n) is 6.53. The van der Waals surface area contributed by atoms with E-state index in [0.29, 0.717) is 23.4 Å². The molecule has 1 amide bonds. The fourth-order valence-electron chi connectivity index (χ4n) is 5.23. The van der Waals surface area contributed by atoms with Gasteiger partial charge in [-0.3, -0.25) is 14.8 Å². The van der Waals surface area contributed by atoms with Gasteiger partial charge in [0.25, 0.3) is 5.91 Å². The molecule has 0 radical (unpaired) electrons. The molecule has 0 spiro atoms. The second-order valence-electron chi connectivity index (χ2n) is 8.37. The van der Waals surface area contributed by atoms with Gasteiger partial charge in [0.2, 0.25) is 0 Å². The molecule has 0 saturated carbocycles. The first-order chi connectivity index (χ1) is 14.1. The van der Waals surface area contributed by atoms with Crippen molar-refractivity contribution in [2.75, 3.05) is 26.7 Å². The average molecular weight is 423 g/mol. The number of hydrogen-bond donors (Lipinski definition) is 1. The SMILES string of the molecule is Cc1[nH]nc(-c2ccccc2)c1C(=O)N1C[C@@H]2CN(C)[C@@H](c3ccccc3)[C@@H]2C1.Cl. The number of aromatic nitrogens is 2. The first-order valence-electron chi connectivity index (χ1n) is 10.3. The zero-order chi connectivity index (χ0) is 20.0. The van der Waals surface area contributed by atoms with Crippen LogP contribution in [0.5, 0.6) is 0 Å². The Hall–Kier alpha value is -2.63. The Bertz CT molecular complexity index is 1020. The lowest BCUT2D eigenvalue weighted by atomic mass is 9.90. The number of H-pyrrole nitrogens is 1. The second-order valence-corrected chi connectivity index (χ2v) is 8.37. The van der Waals surface area contributed by atoms with Crippen molar-refractivity contribution in [2.45, 2.75) is 13.0 Å². The summed E-state index contributed by atoms with van der Waals surface area (Å²) in [7, 11) is 2.20. The first kappa shape index (κ1) is 20.6. The number of nitrogens with one attached hydrogen (secondary N) is 1. The zero-order valence-electron chi connectivity index (χ0n) is 17.3. The van der Waals surface area contributed by atoms with Crippen LogP contribution in [0.15, 0.2) is 60.7 Å². The van der Waals surface area contributed by atoms with E-state index >= 15 is 0 Å². The Morgan fingerprint density at radius 3 is 2.37 bits per heavy atom. The standard InChI is InChI=1S/C24H26N4O.ClH/c1-16-21(22(26-25-16)17-9-5-3-6-10-17)24(29)28-14-19-13-27(2)23(20(19)15-28)18-11-7-4-8-12-18;/h3-12,19-20,23H,13-15H2,1-2H3,(H,25,26);1H/t19-,20+,23-;/m0./s1. The molecule has 156 valence electrons. The van der Waals surface area contributed by atoms with E-state index in [-0.39, 0.29) is 18.3 Å². The maximum absolute atomic E-state index is 13.5. The van der Waals surface area contributed by atoms with Crippen LogP contribution >= 0.6 is 12.4 Å². The molecule has 5 rings (SSSR count). The third-order valence-corrected chi connectivity index (χ3v) is 6.53. The van der Waals surface area contributed by atoms with E-state index in [1.54, 1.807) is 0 Å². The van der Waals surface area contributed by atoms with Gasteiger partial charge in [0.15, 0.2) is 0 Å². The summed E-state index contributed by atoms with van der Waals surface area (Å²) in [6.45, 7) is 4.58. The quantitative estimate of drug-likeness (QED) is 0.688. The van der Waals surface area contributed by atoms with Gasteiger partial charge in [0, 0.05) is 42.9 Å². The van der Waals surface area contributed by atoms with Crippen LogP contribution in [0.25, 0.3) is 11.3 Å². The molecule has 2 aliphatic heterocycles. The molecule has 3 heterocycles. The van der Waals surface area contributed by atoms with Crippen LogP contribution in [0, 0.1) is 18.8 Å². The Kier molecular flexibility index (Phi) is 5.67. The van der Waals surface area contributed by atoms with Crippen molar-refractivity contribution >= 4 is 18.3 Å². The Morgan fingerprint density at radius 2 is 1.67 bits per heavy atom. The molecule has 3 atom stereocenters. The molecule has 2 saturated heterocycles. The minimum atomic E-state index is 0. The number of aryl methyl sites for hydroxylation is 1. The summed E-state index contributed by atoms with van der Waals surface area (Å²) in [6, 6.07) is 21.0. The van der Waals surface area contributed by atoms with Gasteiger partial charge in [-0.05, 0) is 25.5 Å². The van der Waals surface area contributed by atoms with E-state index < -0.39 is 0 Å². The number of halogens is 1. The number of likely N-dealkylation sites (tertiary alicyclic amines) is 2. The highest BCUT2D eigenvalue weighted by molar-refractivity contribution is 6.01. The largest absolute Gasteiger partial charge is 0.338 e. The summed E-state index contributed by atoms with van der Waals surface area (Å²) in [5.74, 6) is 1.08. The van der Waals surface area contributed by atoms with Crippen LogP contribution in [0.1, 0.15) is 27.7 Å². The van der Waals surface area contributed by atoms with Crippen molar-refractivity contribution < 1.29 is 4.79 Å². The van der Waals surface area contributed by atoms with E-state index in [1.807, 2.05) is 42.2 Å². The van der Waals surface area contributed by atoms with Gasteiger partial charge in [-0.15, -0.1) is 12.4 Å². The Balaban J connectivity index is 0.00000218. The fourth-order valence-corrected chi connectivity index (χ4v) is 5.23. The fraction of sp³-hybridized carbons (Fsp3) is 0.333. The summed E-state index contributed by atoms with van der Waals surface area (Å²) >= 11 is 0. The number of carbonyl (C=O) groups excluding carboxylic acids is 1. The van der Waals surface area contributed by atoms with E-state index in [4.69, 9.17) is 0 Å². The van der Waals surface area contributed by atoms with E-state index in [1.165, 1.54) is 5.56 Å². The van der Waals surface area contributed by atoms with Crippen molar-refractivity contribution in [3.8, 4) is 11.3 Å². The maximum Gasteiger partial charge on any atom is 0.257 e. The summed E-state index contributed by atoms with van der Waals surface area (Å²) < 4.78 is 0. The number of rotatable bonds is 3. The highest BCUT2D eigenvalue weighted by Gasteiger charge is 2.47. The summed E-state index contributed by atoms with van der Waals surface area (Å²) in [5, 5.41) is 7.47. The van der Waals surface area contributed by atoms with Gasteiger partial charge in [-0.25, -0.2) is 0 Å². The molecule has 3 aromatic rings. The highest BCUT2D eigenvalue weighted by atomic mass is 35.5. The third kappa shape index (κ3) is 3.42. The van der Waals surface area contributed by atoms with Crippen molar-refractivity contribution in [1.82, 2.24) is 20.0 Å². The van der Waals surface area contributed by atoms with Crippen LogP contribution in [0.4, 0.5) is 0 Å². The van der Waals surface area contributed by atoms with Gasteiger partial charge >= 0.3 is 0 Å². The highest BCUT2D eigenvalue weighted by Crippen LogP contribution is 2.44. The molecular formula is C24H27ClN4O. The molecule has 0 bridgehead atoms. The number of benzene rings is 2. The molecule has 30 heavy (non-hydrogen) atoms. The Morgan fingerprint density at radius 1 is 1.00 bits per heavy atom. The van der Waals surface area contributed by atoms with Gasteiger partial charge < -0.3 is 4.90 Å². The predicted octanol–water partition coefficient (Wildman–Crippen LogP) is 4.18. The van der Waals surface area contributed by atoms with Crippen LogP contribution in [0.2, 0.25) is 0 Å². The summed E-state index contributed by atoms with van der Waals surface area (Å²) in [6.07, 6.45) is 0. The molecule has 0 unspecified atom stereocenters. The maximum atomic E-state index is 13.5. The molecule has 1 N–H and O–H groups in total. The number of amides is 1. The minimum Gasteiger partial charge on any atom is -0.338 e. The molecule has 5 nitrogen and oxygen atoms in total. The molecule has 1 aromatic heterocycles. The first-order valence-corrected chi connectivity index (χ1v) is 10.3. The van der Waals surface area contributed by atoms with Crippen LogP contribution in [0.3, 0.4) is 0 Å². The number of fused-ring (bicyclic) bond motifs is 1. The normalized spacial score (nSPS) is 23.3. The van der Waals surface area contributed by atoms with Crippen molar-refractivity contribution in [3.05, 3.63) is 77.5 Å². The van der Waals surface area contributed by atoms with Gasteiger partial charge in [0.05, 0.1) is 5.56 Å². The average Bonchev–Trinajstić information content (AvgIpc) is 3.41. The van der Waals surface area contributed by atoms with Crippen molar-refractivity contribution in [2.24, 2.45) is 11.8 Å². The Labute approximate surface area is 183 Å². The van der Waals surface area contributed by atoms with Crippen LogP contribution < -0.4 is 0 Å². The smallest absolute Gasteiger partial charge is 0.257 e. The van der Waals surface area contributed by atoms with Crippen LogP contribution in [-0.2, 0) is 0 Å². The lowest BCUT2D eigenvalue weighted by Gasteiger charge is -2.27. The lowest BCUT2D eigenvalue weighted by molar-refractivity contribution is 0.0768. The van der Waals surface area contributed by atoms with E-state index in [9.17, 15) is 4.79 Å². The lowest BCUT2D eigenvalue weighted by Crippen LogP contribution is -2.33. The zero-order valence-corrected chi connectivity index (χ0v) is 18.1. The minimum absolute atomic E-state index is 0. The van der Waals surface area contributed by atoms with Gasteiger partial charge in [-0.1, -0.05) is 60.7 Å². The molecule has 6 heteroatoms. The predicted molar refractivity (Wildman–Crippen MR) is 121 cm³/mol. The monoisotopic (exact) mass is 422 g/mol. The summed E-state index contributed by atoms with van der Waals surface area (Å²) in [4.78, 5) is 18.0. The van der Waals surface area contributed by atoms with Gasteiger partial charge in [-0.2, -0.15) is 5.10 Å². The van der Waals surface area contributed by atoms with E-state index in [2.05, 4.69) is 52.5 Å². The van der Waals surface area contributed by atoms with Crippen molar-refractivity contribution in [1.29, 1.82) is 0 Å². The second kappa shape index (κ2) is 8.25. The summed E-state index contributed by atoms with van der Waals surface area (Å²) in [5.41, 5.74) is 4.62. The van der Waals surface area contributed by atoms with Gasteiger partial charge in [0.1, 0.15) is 5.69 Å². The molecule has 0 aliphatic carbocycles. The number of aromatic amines is 1. The number of nitrogens with zero attached hydrogens (tertiary/aromatic N) is 3. The molecular weight excluding hydrogens is 396 g/mol. The topological polar surface area (TPSA) is 52.2 Å². The number of carbonyl (C=O) groups is 1. The number of hydrogen-bond acceptors (Lipinski definition) is 3.